The normalized spacial score (nSPS) is 27.3. The Morgan fingerprint density at radius 2 is 2.05 bits per heavy atom. The first kappa shape index (κ1) is 14.1. The molecular weight excluding hydrogens is 246 g/mol. The van der Waals surface area contributed by atoms with E-state index >= 15 is 0 Å². The van der Waals surface area contributed by atoms with Gasteiger partial charge in [-0.05, 0) is 62.3 Å². The van der Waals surface area contributed by atoms with E-state index in [9.17, 15) is 0 Å². The number of hydrogen-bond acceptors (Lipinski definition) is 2. The van der Waals surface area contributed by atoms with Crippen molar-refractivity contribution in [2.45, 2.75) is 58.1 Å². The third-order valence-electron chi connectivity index (χ3n) is 4.86. The van der Waals surface area contributed by atoms with Crippen molar-refractivity contribution in [1.82, 2.24) is 5.32 Å². The number of nitrogens with one attached hydrogen (secondary N) is 1. The second-order valence-electron chi connectivity index (χ2n) is 6.41. The van der Waals surface area contributed by atoms with E-state index in [0.29, 0.717) is 18.1 Å². The second-order valence-corrected chi connectivity index (χ2v) is 6.41. The lowest BCUT2D eigenvalue weighted by atomic mass is 9.85. The highest BCUT2D eigenvalue weighted by Crippen LogP contribution is 2.33. The number of hydrogen-bond donors (Lipinski definition) is 1. The minimum absolute atomic E-state index is 0.416. The summed E-state index contributed by atoms with van der Waals surface area (Å²) in [6, 6.07) is 7.63. The molecular formula is C18H27NO. The Hall–Kier alpha value is -0.860. The maximum Gasteiger partial charge on any atom is 0.0551 e. The molecule has 0 amide bonds. The first-order valence-corrected chi connectivity index (χ1v) is 8.24. The van der Waals surface area contributed by atoms with Gasteiger partial charge in [-0.25, -0.2) is 0 Å². The van der Waals surface area contributed by atoms with E-state index in [0.717, 1.165) is 13.2 Å². The summed E-state index contributed by atoms with van der Waals surface area (Å²) in [4.78, 5) is 0. The molecule has 3 atom stereocenters. The zero-order valence-electron chi connectivity index (χ0n) is 12.8. The predicted octanol–water partition coefficient (Wildman–Crippen LogP) is 3.64. The molecule has 2 nitrogen and oxygen atoms in total. The summed E-state index contributed by atoms with van der Waals surface area (Å²) < 4.78 is 5.79. The fourth-order valence-corrected chi connectivity index (χ4v) is 3.81. The molecule has 3 unspecified atom stereocenters. The molecule has 1 fully saturated rings. The summed E-state index contributed by atoms with van der Waals surface area (Å²) >= 11 is 0. The third-order valence-corrected chi connectivity index (χ3v) is 4.86. The Morgan fingerprint density at radius 1 is 1.25 bits per heavy atom. The van der Waals surface area contributed by atoms with E-state index in [1.54, 1.807) is 11.1 Å². The van der Waals surface area contributed by atoms with Crippen molar-refractivity contribution < 1.29 is 4.74 Å². The van der Waals surface area contributed by atoms with Crippen LogP contribution in [0.4, 0.5) is 0 Å². The summed E-state index contributed by atoms with van der Waals surface area (Å²) in [6.45, 7) is 6.31. The van der Waals surface area contributed by atoms with Crippen molar-refractivity contribution in [3.63, 3.8) is 0 Å². The average molecular weight is 273 g/mol. The van der Waals surface area contributed by atoms with Crippen LogP contribution in [0.1, 0.15) is 55.8 Å². The molecule has 2 heteroatoms. The second kappa shape index (κ2) is 6.28. The van der Waals surface area contributed by atoms with Crippen molar-refractivity contribution in [2.24, 2.45) is 5.92 Å². The number of fused-ring (bicyclic) bond motifs is 1. The van der Waals surface area contributed by atoms with Crippen molar-refractivity contribution in [2.75, 3.05) is 13.2 Å². The molecule has 1 aromatic carbocycles. The lowest BCUT2D eigenvalue weighted by molar-refractivity contribution is 0.117. The molecule has 20 heavy (non-hydrogen) atoms. The van der Waals surface area contributed by atoms with Crippen molar-refractivity contribution in [3.8, 4) is 0 Å². The van der Waals surface area contributed by atoms with E-state index in [2.05, 4.69) is 37.4 Å². The molecule has 0 bridgehead atoms. The number of rotatable bonds is 4. The summed E-state index contributed by atoms with van der Waals surface area (Å²) in [5, 5.41) is 3.69. The number of benzene rings is 1. The molecule has 1 heterocycles. The van der Waals surface area contributed by atoms with Crippen molar-refractivity contribution in [3.05, 3.63) is 34.9 Å². The largest absolute Gasteiger partial charge is 0.378 e. The van der Waals surface area contributed by atoms with Crippen LogP contribution in [0.5, 0.6) is 0 Å². The van der Waals surface area contributed by atoms with Gasteiger partial charge in [0.15, 0.2) is 0 Å². The van der Waals surface area contributed by atoms with E-state index in [-0.39, 0.29) is 0 Å². The van der Waals surface area contributed by atoms with Gasteiger partial charge in [0, 0.05) is 12.0 Å². The third kappa shape index (κ3) is 2.91. The minimum Gasteiger partial charge on any atom is -0.378 e. The fourth-order valence-electron chi connectivity index (χ4n) is 3.81. The van der Waals surface area contributed by atoms with Crippen molar-refractivity contribution in [1.29, 1.82) is 0 Å². The van der Waals surface area contributed by atoms with Crippen LogP contribution in [0, 0.1) is 5.92 Å². The summed E-state index contributed by atoms with van der Waals surface area (Å²) in [5.41, 5.74) is 4.63. The first-order valence-electron chi connectivity index (χ1n) is 8.24. The molecule has 0 spiro atoms. The highest BCUT2D eigenvalue weighted by molar-refractivity contribution is 5.35. The smallest absolute Gasteiger partial charge is 0.0551 e. The quantitative estimate of drug-likeness (QED) is 0.904. The Labute approximate surface area is 122 Å². The maximum atomic E-state index is 5.79. The van der Waals surface area contributed by atoms with Gasteiger partial charge in [0.1, 0.15) is 0 Å². The molecule has 110 valence electrons. The lowest BCUT2D eigenvalue weighted by Crippen LogP contribution is -2.29. The van der Waals surface area contributed by atoms with Gasteiger partial charge in [-0.1, -0.05) is 25.1 Å². The van der Waals surface area contributed by atoms with Gasteiger partial charge in [-0.2, -0.15) is 0 Å². The SMILES string of the molecule is CCNC(c1ccc2c(c1)CCCC2)C1COC(C)C1. The van der Waals surface area contributed by atoms with Gasteiger partial charge in [-0.3, -0.25) is 0 Å². The molecule has 0 radical (unpaired) electrons. The van der Waals surface area contributed by atoms with Crippen LogP contribution in [0.2, 0.25) is 0 Å². The standard InChI is InChI=1S/C18H27NO/c1-3-19-18(17-10-13(2)20-12-17)16-9-8-14-6-4-5-7-15(14)11-16/h8-9,11,13,17-19H,3-7,10,12H2,1-2H3. The van der Waals surface area contributed by atoms with Crippen molar-refractivity contribution >= 4 is 0 Å². The first-order chi connectivity index (χ1) is 9.78. The van der Waals surface area contributed by atoms with Gasteiger partial charge < -0.3 is 10.1 Å². The van der Waals surface area contributed by atoms with Gasteiger partial charge in [0.05, 0.1) is 12.7 Å². The number of ether oxygens (including phenoxy) is 1. The van der Waals surface area contributed by atoms with Crippen LogP contribution in [0.15, 0.2) is 18.2 Å². The average Bonchev–Trinajstić information content (AvgIpc) is 2.90. The Kier molecular flexibility index (Phi) is 4.42. The molecule has 1 aromatic rings. The molecule has 2 aliphatic rings. The van der Waals surface area contributed by atoms with Gasteiger partial charge in [0.25, 0.3) is 0 Å². The highest BCUT2D eigenvalue weighted by Gasteiger charge is 2.30. The van der Waals surface area contributed by atoms with Crippen LogP contribution >= 0.6 is 0 Å². The van der Waals surface area contributed by atoms with Crippen LogP contribution in [0.3, 0.4) is 0 Å². The molecule has 1 aliphatic carbocycles. The van der Waals surface area contributed by atoms with Crippen LogP contribution < -0.4 is 5.32 Å². The molecule has 0 aromatic heterocycles. The zero-order valence-corrected chi connectivity index (χ0v) is 12.8. The maximum absolute atomic E-state index is 5.79. The van der Waals surface area contributed by atoms with Crippen LogP contribution in [0.25, 0.3) is 0 Å². The predicted molar refractivity (Wildman–Crippen MR) is 83.0 cm³/mol. The Morgan fingerprint density at radius 3 is 2.75 bits per heavy atom. The molecule has 0 saturated carbocycles. The van der Waals surface area contributed by atoms with Crippen LogP contribution in [-0.2, 0) is 17.6 Å². The lowest BCUT2D eigenvalue weighted by Gasteiger charge is -2.26. The molecule has 3 rings (SSSR count). The molecule has 1 N–H and O–H groups in total. The topological polar surface area (TPSA) is 21.3 Å². The van der Waals surface area contributed by atoms with Gasteiger partial charge >= 0.3 is 0 Å². The van der Waals surface area contributed by atoms with Crippen LogP contribution in [-0.4, -0.2) is 19.3 Å². The Balaban J connectivity index is 1.83. The summed E-state index contributed by atoms with van der Waals surface area (Å²) in [6.07, 6.45) is 6.83. The number of aryl methyl sites for hydroxylation is 2. The zero-order chi connectivity index (χ0) is 13.9. The fraction of sp³-hybridized carbons (Fsp3) is 0.667. The Bertz CT molecular complexity index is 457. The van der Waals surface area contributed by atoms with E-state index in [1.165, 1.54) is 37.7 Å². The van der Waals surface area contributed by atoms with E-state index < -0.39 is 0 Å². The summed E-state index contributed by atoms with van der Waals surface area (Å²) in [7, 11) is 0. The van der Waals surface area contributed by atoms with Gasteiger partial charge in [0.2, 0.25) is 0 Å². The van der Waals surface area contributed by atoms with E-state index in [1.807, 2.05) is 0 Å². The molecule has 1 saturated heterocycles. The van der Waals surface area contributed by atoms with E-state index in [4.69, 9.17) is 4.74 Å². The molecule has 1 aliphatic heterocycles. The summed E-state index contributed by atoms with van der Waals surface area (Å²) in [5.74, 6) is 0.617. The highest BCUT2D eigenvalue weighted by atomic mass is 16.5. The monoisotopic (exact) mass is 273 g/mol. The minimum atomic E-state index is 0.416. The van der Waals surface area contributed by atoms with Gasteiger partial charge in [-0.15, -0.1) is 0 Å².